The van der Waals surface area contributed by atoms with Crippen LogP contribution in [0.15, 0.2) is 24.3 Å². The van der Waals surface area contributed by atoms with Crippen LogP contribution in [0, 0.1) is 18.8 Å². The molecule has 1 saturated carbocycles. The van der Waals surface area contributed by atoms with Crippen LogP contribution in [0.3, 0.4) is 0 Å². The molecule has 0 aromatic heterocycles. The summed E-state index contributed by atoms with van der Waals surface area (Å²) < 4.78 is 5.58. The zero-order chi connectivity index (χ0) is 16.7. The van der Waals surface area contributed by atoms with Gasteiger partial charge in [-0.25, -0.2) is 0 Å². The van der Waals surface area contributed by atoms with Crippen molar-refractivity contribution in [1.29, 1.82) is 0 Å². The van der Waals surface area contributed by atoms with E-state index >= 15 is 0 Å². The molecular formula is C20H28N2O2. The number of hydrogen-bond donors (Lipinski definition) is 1. The van der Waals surface area contributed by atoms with Gasteiger partial charge < -0.3 is 15.4 Å². The number of rotatable bonds is 2. The van der Waals surface area contributed by atoms with Gasteiger partial charge in [-0.1, -0.05) is 29.8 Å². The topological polar surface area (TPSA) is 55.6 Å². The lowest BCUT2D eigenvalue weighted by Crippen LogP contribution is -2.49. The van der Waals surface area contributed by atoms with Gasteiger partial charge in [0.2, 0.25) is 5.91 Å². The Morgan fingerprint density at radius 3 is 2.54 bits per heavy atom. The van der Waals surface area contributed by atoms with Crippen LogP contribution >= 0.6 is 0 Å². The van der Waals surface area contributed by atoms with Crippen molar-refractivity contribution in [2.24, 2.45) is 17.6 Å². The summed E-state index contributed by atoms with van der Waals surface area (Å²) in [5.74, 6) is 1.42. The molecule has 4 nitrogen and oxygen atoms in total. The second-order valence-corrected chi connectivity index (χ2v) is 7.94. The molecule has 24 heavy (non-hydrogen) atoms. The van der Waals surface area contributed by atoms with E-state index in [-0.39, 0.29) is 6.04 Å². The predicted octanol–water partition coefficient (Wildman–Crippen LogP) is 2.24. The molecule has 2 saturated heterocycles. The normalized spacial score (nSPS) is 31.9. The molecule has 2 aliphatic heterocycles. The molecule has 1 amide bonds. The molecule has 0 radical (unpaired) electrons. The molecular weight excluding hydrogens is 300 g/mol. The van der Waals surface area contributed by atoms with E-state index in [1.807, 2.05) is 0 Å². The van der Waals surface area contributed by atoms with Crippen LogP contribution in [0.25, 0.3) is 0 Å². The SMILES string of the molecule is Cc1ccc(C2(C(=O)N3CC4CCC(N)C4C3)CCOCC2)cc1. The van der Waals surface area contributed by atoms with Crippen LogP contribution in [-0.4, -0.2) is 43.2 Å². The van der Waals surface area contributed by atoms with Gasteiger partial charge in [0, 0.05) is 32.3 Å². The molecule has 2 heterocycles. The predicted molar refractivity (Wildman–Crippen MR) is 93.7 cm³/mol. The average Bonchev–Trinajstić information content (AvgIpc) is 3.18. The Morgan fingerprint density at radius 1 is 1.17 bits per heavy atom. The number of carbonyl (C=O) groups is 1. The van der Waals surface area contributed by atoms with E-state index in [0.717, 1.165) is 37.9 Å². The molecule has 1 aromatic rings. The molecule has 3 unspecified atom stereocenters. The Balaban J connectivity index is 1.62. The zero-order valence-electron chi connectivity index (χ0n) is 14.5. The van der Waals surface area contributed by atoms with Crippen molar-refractivity contribution in [2.45, 2.75) is 44.1 Å². The minimum Gasteiger partial charge on any atom is -0.381 e. The van der Waals surface area contributed by atoms with Gasteiger partial charge in [0.25, 0.3) is 0 Å². The first-order valence-electron chi connectivity index (χ1n) is 9.30. The number of ether oxygens (including phenoxy) is 1. The number of nitrogens with two attached hydrogens (primary N) is 1. The molecule has 1 aliphatic carbocycles. The lowest BCUT2D eigenvalue weighted by Gasteiger charge is -2.39. The summed E-state index contributed by atoms with van der Waals surface area (Å²) in [4.78, 5) is 15.7. The third kappa shape index (κ3) is 2.56. The smallest absolute Gasteiger partial charge is 0.233 e. The Morgan fingerprint density at radius 2 is 1.88 bits per heavy atom. The second kappa shape index (κ2) is 6.16. The number of fused-ring (bicyclic) bond motifs is 1. The summed E-state index contributed by atoms with van der Waals surface area (Å²) in [6, 6.07) is 8.79. The quantitative estimate of drug-likeness (QED) is 0.906. The molecule has 3 atom stereocenters. The minimum atomic E-state index is -0.408. The van der Waals surface area contributed by atoms with E-state index in [4.69, 9.17) is 10.5 Å². The first kappa shape index (κ1) is 16.1. The van der Waals surface area contributed by atoms with Crippen molar-refractivity contribution in [3.8, 4) is 0 Å². The van der Waals surface area contributed by atoms with E-state index in [1.54, 1.807) is 0 Å². The summed E-state index contributed by atoms with van der Waals surface area (Å²) in [5.41, 5.74) is 8.24. The van der Waals surface area contributed by atoms with Crippen LogP contribution < -0.4 is 5.73 Å². The van der Waals surface area contributed by atoms with E-state index in [0.29, 0.717) is 31.0 Å². The van der Waals surface area contributed by atoms with Gasteiger partial charge in [-0.15, -0.1) is 0 Å². The Labute approximate surface area is 144 Å². The van der Waals surface area contributed by atoms with Gasteiger partial charge in [0.05, 0.1) is 5.41 Å². The first-order chi connectivity index (χ1) is 11.6. The summed E-state index contributed by atoms with van der Waals surface area (Å²) in [6.07, 6.45) is 3.87. The number of amides is 1. The second-order valence-electron chi connectivity index (χ2n) is 7.94. The fourth-order valence-corrected chi connectivity index (χ4v) is 4.99. The molecule has 3 aliphatic rings. The standard InChI is InChI=1S/C20H28N2O2/c1-14-2-5-16(6-3-14)20(8-10-24-11-9-20)19(23)22-12-15-4-7-18(21)17(15)13-22/h2-3,5-6,15,17-18H,4,7-13,21H2,1H3. The molecule has 3 fully saturated rings. The van der Waals surface area contributed by atoms with Gasteiger partial charge in [-0.3, -0.25) is 4.79 Å². The Bertz CT molecular complexity index is 607. The summed E-state index contributed by atoms with van der Waals surface area (Å²) >= 11 is 0. The third-order valence-electron chi connectivity index (χ3n) is 6.56. The van der Waals surface area contributed by atoms with Crippen LogP contribution in [0.5, 0.6) is 0 Å². The Kier molecular flexibility index (Phi) is 4.13. The fourth-order valence-electron chi connectivity index (χ4n) is 4.99. The number of carbonyl (C=O) groups excluding carboxylic acids is 1. The largest absolute Gasteiger partial charge is 0.381 e. The number of hydrogen-bond acceptors (Lipinski definition) is 3. The van der Waals surface area contributed by atoms with Crippen LogP contribution in [0.4, 0.5) is 0 Å². The van der Waals surface area contributed by atoms with Gasteiger partial charge in [-0.05, 0) is 50.0 Å². The average molecular weight is 328 g/mol. The maximum atomic E-state index is 13.6. The van der Waals surface area contributed by atoms with Gasteiger partial charge >= 0.3 is 0 Å². The van der Waals surface area contributed by atoms with E-state index in [2.05, 4.69) is 36.1 Å². The molecule has 130 valence electrons. The van der Waals surface area contributed by atoms with Gasteiger partial charge in [-0.2, -0.15) is 0 Å². The number of benzene rings is 1. The molecule has 4 heteroatoms. The van der Waals surface area contributed by atoms with Crippen LogP contribution in [0.1, 0.15) is 36.8 Å². The van der Waals surface area contributed by atoms with Crippen LogP contribution in [0.2, 0.25) is 0 Å². The molecule has 2 N–H and O–H groups in total. The fraction of sp³-hybridized carbons (Fsp3) is 0.650. The van der Waals surface area contributed by atoms with Crippen molar-refractivity contribution < 1.29 is 9.53 Å². The maximum absolute atomic E-state index is 13.6. The van der Waals surface area contributed by atoms with E-state index in [1.165, 1.54) is 12.0 Å². The maximum Gasteiger partial charge on any atom is 0.233 e. The number of nitrogens with zero attached hydrogens (tertiary/aromatic N) is 1. The van der Waals surface area contributed by atoms with Crippen molar-refractivity contribution in [3.05, 3.63) is 35.4 Å². The molecule has 1 aromatic carbocycles. The highest BCUT2D eigenvalue weighted by molar-refractivity contribution is 5.88. The van der Waals surface area contributed by atoms with E-state index < -0.39 is 5.41 Å². The summed E-state index contributed by atoms with van der Waals surface area (Å²) in [6.45, 7) is 5.16. The molecule has 0 spiro atoms. The minimum absolute atomic E-state index is 0.276. The number of aryl methyl sites for hydroxylation is 1. The van der Waals surface area contributed by atoms with Gasteiger partial charge in [0.1, 0.15) is 0 Å². The summed E-state index contributed by atoms with van der Waals surface area (Å²) in [5, 5.41) is 0. The molecule has 0 bridgehead atoms. The van der Waals surface area contributed by atoms with Crippen LogP contribution in [-0.2, 0) is 14.9 Å². The van der Waals surface area contributed by atoms with Crippen molar-refractivity contribution >= 4 is 5.91 Å². The monoisotopic (exact) mass is 328 g/mol. The highest BCUT2D eigenvalue weighted by atomic mass is 16.5. The van der Waals surface area contributed by atoms with Crippen molar-refractivity contribution in [1.82, 2.24) is 4.90 Å². The zero-order valence-corrected chi connectivity index (χ0v) is 14.5. The number of likely N-dealkylation sites (tertiary alicyclic amines) is 1. The van der Waals surface area contributed by atoms with Crippen molar-refractivity contribution in [3.63, 3.8) is 0 Å². The van der Waals surface area contributed by atoms with E-state index in [9.17, 15) is 4.79 Å². The lowest BCUT2D eigenvalue weighted by molar-refractivity contribution is -0.140. The Hall–Kier alpha value is -1.39. The molecule has 4 rings (SSSR count). The first-order valence-corrected chi connectivity index (χ1v) is 9.30. The highest BCUT2D eigenvalue weighted by Gasteiger charge is 2.49. The highest BCUT2D eigenvalue weighted by Crippen LogP contribution is 2.42. The summed E-state index contributed by atoms with van der Waals surface area (Å²) in [7, 11) is 0. The van der Waals surface area contributed by atoms with Gasteiger partial charge in [0.15, 0.2) is 0 Å². The van der Waals surface area contributed by atoms with Crippen molar-refractivity contribution in [2.75, 3.05) is 26.3 Å². The lowest BCUT2D eigenvalue weighted by atomic mass is 9.73. The third-order valence-corrected chi connectivity index (χ3v) is 6.56.